The van der Waals surface area contributed by atoms with Crippen LogP contribution in [0.4, 0.5) is 0 Å². The van der Waals surface area contributed by atoms with Gasteiger partial charge in [0.25, 0.3) is 0 Å². The summed E-state index contributed by atoms with van der Waals surface area (Å²) >= 11 is 0. The van der Waals surface area contributed by atoms with Crippen molar-refractivity contribution in [3.8, 4) is 34.1 Å². The Kier molecular flexibility index (Phi) is 5.00. The first kappa shape index (κ1) is 18.7. The molecule has 4 aromatic rings. The number of rotatable bonds is 5. The van der Waals surface area contributed by atoms with E-state index in [0.717, 1.165) is 44.5 Å². The summed E-state index contributed by atoms with van der Waals surface area (Å²) in [6.45, 7) is 0. The molecule has 0 aromatic heterocycles. The Morgan fingerprint density at radius 2 is 1.38 bits per heavy atom. The molecule has 4 rings (SSSR count). The second kappa shape index (κ2) is 7.76. The molecule has 0 heterocycles. The summed E-state index contributed by atoms with van der Waals surface area (Å²) < 4.78 is 11.2. The van der Waals surface area contributed by atoms with Gasteiger partial charge in [0.05, 0.1) is 14.2 Å². The summed E-state index contributed by atoms with van der Waals surface area (Å²) in [5.74, 6) is 2.00. The van der Waals surface area contributed by atoms with E-state index in [0.29, 0.717) is 6.42 Å². The highest BCUT2D eigenvalue weighted by molar-refractivity contribution is 5.96. The lowest BCUT2D eigenvalue weighted by Crippen LogP contribution is -1.98. The predicted octanol–water partition coefficient (Wildman–Crippen LogP) is 5.53. The van der Waals surface area contributed by atoms with Gasteiger partial charge in [0.15, 0.2) is 0 Å². The van der Waals surface area contributed by atoms with Crippen molar-refractivity contribution >= 4 is 10.8 Å². The minimum atomic E-state index is 0.221. The van der Waals surface area contributed by atoms with Gasteiger partial charge < -0.3 is 19.7 Å². The molecular formula is C25H22O4. The smallest absolute Gasteiger partial charge is 0.127 e. The van der Waals surface area contributed by atoms with Gasteiger partial charge in [-0.15, -0.1) is 0 Å². The lowest BCUT2D eigenvalue weighted by molar-refractivity contribution is 0.414. The number of phenols is 2. The topological polar surface area (TPSA) is 58.9 Å². The van der Waals surface area contributed by atoms with Crippen LogP contribution in [0.5, 0.6) is 23.0 Å². The van der Waals surface area contributed by atoms with Crippen LogP contribution in [0.15, 0.2) is 72.8 Å². The van der Waals surface area contributed by atoms with E-state index < -0.39 is 0 Å². The monoisotopic (exact) mass is 386 g/mol. The van der Waals surface area contributed by atoms with Gasteiger partial charge in [-0.1, -0.05) is 30.3 Å². The van der Waals surface area contributed by atoms with Crippen molar-refractivity contribution in [1.82, 2.24) is 0 Å². The number of ether oxygens (including phenoxy) is 2. The van der Waals surface area contributed by atoms with Crippen molar-refractivity contribution in [3.05, 3.63) is 83.9 Å². The maximum atomic E-state index is 9.72. The van der Waals surface area contributed by atoms with Crippen LogP contribution < -0.4 is 9.47 Å². The summed E-state index contributed by atoms with van der Waals surface area (Å²) in [5.41, 5.74) is 4.14. The Morgan fingerprint density at radius 3 is 2.00 bits per heavy atom. The third-order valence-electron chi connectivity index (χ3n) is 5.11. The maximum Gasteiger partial charge on any atom is 0.127 e. The molecule has 2 N–H and O–H groups in total. The Morgan fingerprint density at radius 1 is 0.724 bits per heavy atom. The average molecular weight is 386 g/mol. The molecular weight excluding hydrogens is 364 g/mol. The molecule has 146 valence electrons. The number of benzene rings is 4. The molecule has 0 aliphatic heterocycles. The number of aromatic hydroxyl groups is 2. The van der Waals surface area contributed by atoms with Crippen molar-refractivity contribution < 1.29 is 19.7 Å². The Balaban J connectivity index is 1.99. The molecule has 0 amide bonds. The first-order valence-electron chi connectivity index (χ1n) is 9.34. The van der Waals surface area contributed by atoms with Gasteiger partial charge in [0, 0.05) is 5.56 Å². The van der Waals surface area contributed by atoms with Crippen LogP contribution in [-0.2, 0) is 6.42 Å². The van der Waals surface area contributed by atoms with E-state index in [9.17, 15) is 10.2 Å². The van der Waals surface area contributed by atoms with Gasteiger partial charge in [0.2, 0.25) is 0 Å². The van der Waals surface area contributed by atoms with Crippen LogP contribution in [0.2, 0.25) is 0 Å². The highest BCUT2D eigenvalue weighted by Gasteiger charge is 2.17. The molecule has 29 heavy (non-hydrogen) atoms. The highest BCUT2D eigenvalue weighted by Crippen LogP contribution is 2.41. The molecule has 0 aliphatic carbocycles. The van der Waals surface area contributed by atoms with Crippen LogP contribution in [0, 0.1) is 0 Å². The van der Waals surface area contributed by atoms with E-state index in [4.69, 9.17) is 9.47 Å². The number of methoxy groups -OCH3 is 2. The molecule has 0 saturated carbocycles. The van der Waals surface area contributed by atoms with Crippen molar-refractivity contribution in [2.24, 2.45) is 0 Å². The number of hydrogen-bond donors (Lipinski definition) is 2. The number of fused-ring (bicyclic) bond motifs is 1. The molecule has 0 unspecified atom stereocenters. The molecule has 4 nitrogen and oxygen atoms in total. The zero-order chi connectivity index (χ0) is 20.4. The van der Waals surface area contributed by atoms with E-state index in [-0.39, 0.29) is 11.5 Å². The summed E-state index contributed by atoms with van der Waals surface area (Å²) in [6, 6.07) is 22.4. The summed E-state index contributed by atoms with van der Waals surface area (Å²) in [4.78, 5) is 0. The van der Waals surface area contributed by atoms with E-state index in [2.05, 4.69) is 6.07 Å². The van der Waals surface area contributed by atoms with Gasteiger partial charge in [-0.2, -0.15) is 0 Å². The van der Waals surface area contributed by atoms with Crippen molar-refractivity contribution in [3.63, 3.8) is 0 Å². The van der Waals surface area contributed by atoms with Gasteiger partial charge in [-0.3, -0.25) is 0 Å². The second-order valence-corrected chi connectivity index (χ2v) is 6.91. The van der Waals surface area contributed by atoms with E-state index in [1.807, 2.05) is 42.5 Å². The lowest BCUT2D eigenvalue weighted by Gasteiger charge is -2.18. The fraction of sp³-hybridized carbons (Fsp3) is 0.120. The van der Waals surface area contributed by atoms with E-state index in [1.165, 1.54) is 0 Å². The SMILES string of the molecule is COc1ccc2c(Cc3ccc(O)cc3)c(-c3ccc(O)cc3)c(OC)cc2c1. The highest BCUT2D eigenvalue weighted by atomic mass is 16.5. The minimum absolute atomic E-state index is 0.221. The van der Waals surface area contributed by atoms with Crippen LogP contribution in [0.1, 0.15) is 11.1 Å². The zero-order valence-corrected chi connectivity index (χ0v) is 16.3. The molecule has 4 heteroatoms. The van der Waals surface area contributed by atoms with E-state index in [1.54, 1.807) is 38.5 Å². The van der Waals surface area contributed by atoms with Crippen LogP contribution in [0.3, 0.4) is 0 Å². The molecule has 0 aliphatic rings. The first-order chi connectivity index (χ1) is 14.1. The third kappa shape index (κ3) is 3.69. The molecule has 4 aromatic carbocycles. The Hall–Kier alpha value is -3.66. The Bertz CT molecular complexity index is 1150. The standard InChI is InChI=1S/C25H22O4/c1-28-21-11-12-22-18(14-21)15-24(29-2)25(17-5-9-20(27)10-6-17)23(22)13-16-3-7-19(26)8-4-16/h3-12,14-15,26-27H,13H2,1-2H3. The molecule has 0 bridgehead atoms. The zero-order valence-electron chi connectivity index (χ0n) is 16.3. The van der Waals surface area contributed by atoms with Gasteiger partial charge in [0.1, 0.15) is 23.0 Å². The molecule has 0 fully saturated rings. The third-order valence-corrected chi connectivity index (χ3v) is 5.11. The van der Waals surface area contributed by atoms with Gasteiger partial charge >= 0.3 is 0 Å². The van der Waals surface area contributed by atoms with Crippen molar-refractivity contribution in [2.75, 3.05) is 14.2 Å². The normalized spacial score (nSPS) is 10.8. The van der Waals surface area contributed by atoms with E-state index >= 15 is 0 Å². The number of phenolic OH excluding ortho intramolecular Hbond substituents is 2. The lowest BCUT2D eigenvalue weighted by atomic mass is 9.89. The quantitative estimate of drug-likeness (QED) is 0.474. The van der Waals surface area contributed by atoms with Crippen LogP contribution in [0.25, 0.3) is 21.9 Å². The summed E-state index contributed by atoms with van der Waals surface area (Å²) in [7, 11) is 3.32. The summed E-state index contributed by atoms with van der Waals surface area (Å²) in [5, 5.41) is 21.5. The van der Waals surface area contributed by atoms with Crippen molar-refractivity contribution in [1.29, 1.82) is 0 Å². The first-order valence-corrected chi connectivity index (χ1v) is 9.34. The van der Waals surface area contributed by atoms with Crippen molar-refractivity contribution in [2.45, 2.75) is 6.42 Å². The van der Waals surface area contributed by atoms with Gasteiger partial charge in [-0.05, 0) is 76.3 Å². The maximum absolute atomic E-state index is 9.72. The van der Waals surface area contributed by atoms with Crippen LogP contribution in [-0.4, -0.2) is 24.4 Å². The fourth-order valence-electron chi connectivity index (χ4n) is 3.67. The minimum Gasteiger partial charge on any atom is -0.508 e. The average Bonchev–Trinajstić information content (AvgIpc) is 2.75. The largest absolute Gasteiger partial charge is 0.508 e. The predicted molar refractivity (Wildman–Crippen MR) is 115 cm³/mol. The molecule has 0 saturated heterocycles. The fourth-order valence-corrected chi connectivity index (χ4v) is 3.67. The second-order valence-electron chi connectivity index (χ2n) is 6.91. The molecule has 0 spiro atoms. The molecule has 0 radical (unpaired) electrons. The number of hydrogen-bond acceptors (Lipinski definition) is 4. The summed E-state index contributed by atoms with van der Waals surface area (Å²) in [6.07, 6.45) is 0.663. The van der Waals surface area contributed by atoms with Crippen LogP contribution >= 0.6 is 0 Å². The Labute approximate surface area is 169 Å². The molecule has 0 atom stereocenters. The van der Waals surface area contributed by atoms with Gasteiger partial charge in [-0.25, -0.2) is 0 Å².